The molecule has 0 aromatic heterocycles. The molecule has 1 atom stereocenters. The summed E-state index contributed by atoms with van der Waals surface area (Å²) in [6.45, 7) is 0. The molecule has 0 aliphatic carbocycles. The molecule has 1 aromatic rings. The molecule has 1 unspecified atom stereocenters. The molecule has 0 fully saturated rings. The Morgan fingerprint density at radius 1 is 1.20 bits per heavy atom. The second-order valence-electron chi connectivity index (χ2n) is 3.17. The Morgan fingerprint density at radius 3 is 2.40 bits per heavy atom. The molecular weight excluding hydrogens is 223 g/mol. The van der Waals surface area contributed by atoms with E-state index in [-0.39, 0.29) is 5.75 Å². The molecule has 0 spiro atoms. The summed E-state index contributed by atoms with van der Waals surface area (Å²) in [5.41, 5.74) is 0.759. The maximum atomic E-state index is 12.3. The van der Waals surface area contributed by atoms with Crippen molar-refractivity contribution in [2.45, 2.75) is 12.2 Å². The fourth-order valence-corrected chi connectivity index (χ4v) is 2.36. The molecule has 1 heterocycles. The van der Waals surface area contributed by atoms with Gasteiger partial charge in [-0.2, -0.15) is 13.2 Å². The van der Waals surface area contributed by atoms with Gasteiger partial charge in [-0.25, -0.2) is 0 Å². The zero-order chi connectivity index (χ0) is 10.9. The van der Waals surface area contributed by atoms with Gasteiger partial charge in [0.1, 0.15) is 0 Å². The van der Waals surface area contributed by atoms with Gasteiger partial charge in [-0.3, -0.25) is 4.99 Å². The Hall–Kier alpha value is -0.970. The summed E-state index contributed by atoms with van der Waals surface area (Å²) in [6, 6.07) is 7.40. The van der Waals surface area contributed by atoms with Gasteiger partial charge in [0.2, 0.25) is 0 Å². The van der Waals surface area contributed by atoms with Crippen molar-refractivity contribution >= 4 is 16.8 Å². The molecule has 0 amide bonds. The standard InChI is InChI=1S/C10H8F3NS/c11-10(12,13)8-6-15-9(14-8)7-4-2-1-3-5-7/h1-5,8H,6H2. The third-order valence-corrected chi connectivity index (χ3v) is 3.15. The second-order valence-corrected chi connectivity index (χ2v) is 4.18. The Morgan fingerprint density at radius 2 is 1.87 bits per heavy atom. The number of rotatable bonds is 1. The number of hydrogen-bond acceptors (Lipinski definition) is 2. The highest BCUT2D eigenvalue weighted by Gasteiger charge is 2.42. The number of hydrogen-bond donors (Lipinski definition) is 0. The van der Waals surface area contributed by atoms with Gasteiger partial charge in [0.05, 0.1) is 5.04 Å². The van der Waals surface area contributed by atoms with Crippen LogP contribution in [0.15, 0.2) is 35.3 Å². The average Bonchev–Trinajstić information content (AvgIpc) is 2.67. The smallest absolute Gasteiger partial charge is 0.264 e. The summed E-state index contributed by atoms with van der Waals surface area (Å²) in [5, 5.41) is 0.484. The van der Waals surface area contributed by atoms with Crippen LogP contribution < -0.4 is 0 Å². The monoisotopic (exact) mass is 231 g/mol. The fourth-order valence-electron chi connectivity index (χ4n) is 1.28. The first kappa shape index (κ1) is 10.5. The quantitative estimate of drug-likeness (QED) is 0.723. The molecule has 5 heteroatoms. The minimum atomic E-state index is -4.22. The van der Waals surface area contributed by atoms with Crippen LogP contribution in [0.4, 0.5) is 13.2 Å². The van der Waals surface area contributed by atoms with E-state index in [9.17, 15) is 13.2 Å². The molecule has 0 radical (unpaired) electrons. The van der Waals surface area contributed by atoms with Gasteiger partial charge in [0.15, 0.2) is 6.04 Å². The van der Waals surface area contributed by atoms with E-state index in [0.29, 0.717) is 5.04 Å². The summed E-state index contributed by atoms with van der Waals surface area (Å²) in [6.07, 6.45) is -4.22. The predicted octanol–water partition coefficient (Wildman–Crippen LogP) is 3.11. The van der Waals surface area contributed by atoms with Gasteiger partial charge in [-0.15, -0.1) is 11.8 Å². The maximum absolute atomic E-state index is 12.3. The van der Waals surface area contributed by atoms with E-state index in [1.807, 2.05) is 6.07 Å². The van der Waals surface area contributed by atoms with Crippen LogP contribution in [-0.2, 0) is 0 Å². The van der Waals surface area contributed by atoms with Gasteiger partial charge < -0.3 is 0 Å². The zero-order valence-electron chi connectivity index (χ0n) is 7.66. The van der Waals surface area contributed by atoms with Crippen molar-refractivity contribution < 1.29 is 13.2 Å². The van der Waals surface area contributed by atoms with Crippen LogP contribution in [0.2, 0.25) is 0 Å². The van der Waals surface area contributed by atoms with E-state index in [1.54, 1.807) is 24.3 Å². The van der Waals surface area contributed by atoms with Crippen molar-refractivity contribution in [3.05, 3.63) is 35.9 Å². The van der Waals surface area contributed by atoms with Gasteiger partial charge in [-0.1, -0.05) is 30.3 Å². The van der Waals surface area contributed by atoms with Gasteiger partial charge in [0.25, 0.3) is 0 Å². The average molecular weight is 231 g/mol. The highest BCUT2D eigenvalue weighted by atomic mass is 32.2. The summed E-state index contributed by atoms with van der Waals surface area (Å²) in [7, 11) is 0. The molecule has 0 N–H and O–H groups in total. The fraction of sp³-hybridized carbons (Fsp3) is 0.300. The molecule has 15 heavy (non-hydrogen) atoms. The largest absolute Gasteiger partial charge is 0.411 e. The van der Waals surface area contributed by atoms with Crippen LogP contribution in [0.3, 0.4) is 0 Å². The van der Waals surface area contributed by atoms with E-state index in [1.165, 1.54) is 0 Å². The number of alkyl halides is 3. The molecule has 1 aliphatic rings. The lowest BCUT2D eigenvalue weighted by molar-refractivity contribution is -0.141. The summed E-state index contributed by atoms with van der Waals surface area (Å²) in [4.78, 5) is 3.68. The maximum Gasteiger partial charge on any atom is 0.411 e. The van der Waals surface area contributed by atoms with Crippen LogP contribution in [0.25, 0.3) is 0 Å². The van der Waals surface area contributed by atoms with E-state index < -0.39 is 12.2 Å². The Bertz CT molecular complexity index is 372. The van der Waals surface area contributed by atoms with Crippen LogP contribution in [0.1, 0.15) is 5.56 Å². The van der Waals surface area contributed by atoms with E-state index in [2.05, 4.69) is 4.99 Å². The minimum Gasteiger partial charge on any atom is -0.264 e. The summed E-state index contributed by atoms with van der Waals surface area (Å²) < 4.78 is 37.0. The first-order valence-corrected chi connectivity index (χ1v) is 5.38. The van der Waals surface area contributed by atoms with Gasteiger partial charge >= 0.3 is 6.18 Å². The first-order valence-electron chi connectivity index (χ1n) is 4.40. The second kappa shape index (κ2) is 3.89. The van der Waals surface area contributed by atoms with Crippen molar-refractivity contribution in [3.63, 3.8) is 0 Å². The lowest BCUT2D eigenvalue weighted by atomic mass is 10.2. The minimum absolute atomic E-state index is 0.00622. The van der Waals surface area contributed by atoms with Gasteiger partial charge in [-0.05, 0) is 0 Å². The number of aliphatic imine (C=N–C) groups is 1. The summed E-state index contributed by atoms with van der Waals surface area (Å²) >= 11 is 1.16. The summed E-state index contributed by atoms with van der Waals surface area (Å²) in [5.74, 6) is -0.00622. The molecule has 1 nitrogen and oxygen atoms in total. The molecule has 2 rings (SSSR count). The number of thioether (sulfide) groups is 1. The molecule has 1 aromatic carbocycles. The molecular formula is C10H8F3NS. The van der Waals surface area contributed by atoms with E-state index >= 15 is 0 Å². The number of halogens is 3. The van der Waals surface area contributed by atoms with Crippen molar-refractivity contribution in [2.75, 3.05) is 5.75 Å². The predicted molar refractivity (Wildman–Crippen MR) is 55.3 cm³/mol. The lowest BCUT2D eigenvalue weighted by Gasteiger charge is -2.09. The molecule has 0 bridgehead atoms. The zero-order valence-corrected chi connectivity index (χ0v) is 8.48. The highest BCUT2D eigenvalue weighted by molar-refractivity contribution is 8.14. The Balaban J connectivity index is 2.21. The number of nitrogens with zero attached hydrogens (tertiary/aromatic N) is 1. The normalized spacial score (nSPS) is 21.5. The van der Waals surface area contributed by atoms with Crippen molar-refractivity contribution in [1.82, 2.24) is 0 Å². The molecule has 80 valence electrons. The van der Waals surface area contributed by atoms with E-state index in [0.717, 1.165) is 17.3 Å². The third kappa shape index (κ3) is 2.34. The SMILES string of the molecule is FC(F)(F)C1CSC(c2ccccc2)=N1. The van der Waals surface area contributed by atoms with Crippen LogP contribution in [0.5, 0.6) is 0 Å². The van der Waals surface area contributed by atoms with Crippen LogP contribution >= 0.6 is 11.8 Å². The molecule has 0 saturated carbocycles. The lowest BCUT2D eigenvalue weighted by Crippen LogP contribution is -2.26. The van der Waals surface area contributed by atoms with Gasteiger partial charge in [0, 0.05) is 11.3 Å². The van der Waals surface area contributed by atoms with Crippen LogP contribution in [-0.4, -0.2) is 23.0 Å². The molecule has 0 saturated heterocycles. The number of benzene rings is 1. The topological polar surface area (TPSA) is 12.4 Å². The van der Waals surface area contributed by atoms with Crippen LogP contribution in [0, 0.1) is 0 Å². The highest BCUT2D eigenvalue weighted by Crippen LogP contribution is 2.33. The van der Waals surface area contributed by atoms with Crippen molar-refractivity contribution in [3.8, 4) is 0 Å². The Kier molecular flexibility index (Phi) is 2.73. The van der Waals surface area contributed by atoms with E-state index in [4.69, 9.17) is 0 Å². The first-order chi connectivity index (χ1) is 7.07. The van der Waals surface area contributed by atoms with Crippen molar-refractivity contribution in [2.24, 2.45) is 4.99 Å². The third-order valence-electron chi connectivity index (χ3n) is 2.05. The Labute approximate surface area is 89.4 Å². The molecule has 1 aliphatic heterocycles. The van der Waals surface area contributed by atoms with Crippen molar-refractivity contribution in [1.29, 1.82) is 0 Å².